The number of carboxylic acid groups (broad SMARTS) is 1. The molecule has 1 saturated carbocycles. The molecule has 0 bridgehead atoms. The van der Waals surface area contributed by atoms with Gasteiger partial charge in [-0.2, -0.15) is 0 Å². The normalized spacial score (nSPS) is 27.2. The first-order valence-corrected chi connectivity index (χ1v) is 9.39. The molecule has 5 nitrogen and oxygen atoms in total. The SMILES string of the molecule is CCc1ccccc1OCCN1CC[C@H](O)[C@@](CC2CC2)(C(=O)O)C1. The Morgan fingerprint density at radius 1 is 1.32 bits per heavy atom. The number of nitrogens with zero attached hydrogens (tertiary/aromatic N) is 1. The Balaban J connectivity index is 1.58. The lowest BCUT2D eigenvalue weighted by molar-refractivity contribution is -0.165. The van der Waals surface area contributed by atoms with Crippen molar-refractivity contribution >= 4 is 5.97 Å². The standard InChI is InChI=1S/C20H29NO4/c1-2-16-5-3-4-6-17(16)25-12-11-21-10-9-18(22)20(14-21,19(23)24)13-15-7-8-15/h3-6,15,18,22H,2,7-14H2,1H3,(H,23,24)/t18-,20-/m0/s1. The van der Waals surface area contributed by atoms with Gasteiger partial charge in [0.2, 0.25) is 0 Å². The second-order valence-electron chi connectivity index (χ2n) is 7.50. The number of hydrogen-bond acceptors (Lipinski definition) is 4. The van der Waals surface area contributed by atoms with E-state index in [1.807, 2.05) is 18.2 Å². The third-order valence-electron chi connectivity index (χ3n) is 5.66. The zero-order chi connectivity index (χ0) is 17.9. The van der Waals surface area contributed by atoms with Crippen molar-refractivity contribution in [2.75, 3.05) is 26.2 Å². The van der Waals surface area contributed by atoms with E-state index in [0.717, 1.165) is 31.6 Å². The number of piperidine rings is 1. The molecular weight excluding hydrogens is 318 g/mol. The van der Waals surface area contributed by atoms with Gasteiger partial charge in [-0.25, -0.2) is 0 Å². The van der Waals surface area contributed by atoms with Gasteiger partial charge in [0.25, 0.3) is 0 Å². The van der Waals surface area contributed by atoms with Crippen LogP contribution < -0.4 is 4.74 Å². The van der Waals surface area contributed by atoms with Gasteiger partial charge in [-0.15, -0.1) is 0 Å². The zero-order valence-electron chi connectivity index (χ0n) is 15.0. The Hall–Kier alpha value is -1.59. The zero-order valence-corrected chi connectivity index (χ0v) is 15.0. The molecular formula is C20H29NO4. The van der Waals surface area contributed by atoms with Crippen LogP contribution in [0, 0.1) is 11.3 Å². The second-order valence-corrected chi connectivity index (χ2v) is 7.50. The lowest BCUT2D eigenvalue weighted by atomic mass is 9.73. The van der Waals surface area contributed by atoms with Crippen molar-refractivity contribution in [1.82, 2.24) is 4.90 Å². The number of aliphatic hydroxyl groups excluding tert-OH is 1. The minimum absolute atomic E-state index is 0.415. The quantitative estimate of drug-likeness (QED) is 0.756. The van der Waals surface area contributed by atoms with Crippen LogP contribution in [-0.2, 0) is 11.2 Å². The summed E-state index contributed by atoms with van der Waals surface area (Å²) in [7, 11) is 0. The Morgan fingerprint density at radius 2 is 2.08 bits per heavy atom. The van der Waals surface area contributed by atoms with Gasteiger partial charge in [0.05, 0.1) is 6.10 Å². The van der Waals surface area contributed by atoms with E-state index in [2.05, 4.69) is 17.9 Å². The van der Waals surface area contributed by atoms with Crippen molar-refractivity contribution in [2.45, 2.75) is 45.1 Å². The molecule has 25 heavy (non-hydrogen) atoms. The minimum Gasteiger partial charge on any atom is -0.492 e. The van der Waals surface area contributed by atoms with E-state index in [1.165, 1.54) is 5.56 Å². The van der Waals surface area contributed by atoms with Crippen molar-refractivity contribution < 1.29 is 19.7 Å². The van der Waals surface area contributed by atoms with E-state index in [4.69, 9.17) is 4.74 Å². The molecule has 2 N–H and O–H groups in total. The Labute approximate surface area is 149 Å². The highest BCUT2D eigenvalue weighted by Gasteiger charge is 2.51. The topological polar surface area (TPSA) is 70.0 Å². The summed E-state index contributed by atoms with van der Waals surface area (Å²) in [5.74, 6) is 0.525. The number of ether oxygens (including phenoxy) is 1. The van der Waals surface area contributed by atoms with Crippen molar-refractivity contribution in [2.24, 2.45) is 11.3 Å². The van der Waals surface area contributed by atoms with Gasteiger partial charge in [-0.05, 0) is 36.8 Å². The third-order valence-corrected chi connectivity index (χ3v) is 5.66. The maximum atomic E-state index is 12.0. The van der Waals surface area contributed by atoms with Crippen LogP contribution in [0.5, 0.6) is 5.75 Å². The third kappa shape index (κ3) is 4.15. The average Bonchev–Trinajstić information content (AvgIpc) is 3.42. The molecule has 5 heteroatoms. The molecule has 1 aliphatic carbocycles. The Morgan fingerprint density at radius 3 is 2.76 bits per heavy atom. The largest absolute Gasteiger partial charge is 0.492 e. The van der Waals surface area contributed by atoms with E-state index in [9.17, 15) is 15.0 Å². The van der Waals surface area contributed by atoms with E-state index in [-0.39, 0.29) is 0 Å². The molecule has 2 atom stereocenters. The minimum atomic E-state index is -1.01. The lowest BCUT2D eigenvalue weighted by Gasteiger charge is -2.43. The molecule has 138 valence electrons. The maximum absolute atomic E-state index is 12.0. The van der Waals surface area contributed by atoms with Crippen molar-refractivity contribution in [3.8, 4) is 5.75 Å². The molecule has 0 spiro atoms. The van der Waals surface area contributed by atoms with Gasteiger partial charge in [-0.1, -0.05) is 38.0 Å². The van der Waals surface area contributed by atoms with Crippen LogP contribution in [0.4, 0.5) is 0 Å². The first kappa shape index (κ1) is 18.2. The number of carboxylic acids is 1. The number of aliphatic hydroxyl groups is 1. The molecule has 0 aromatic heterocycles. The Kier molecular flexibility index (Phi) is 5.64. The highest BCUT2D eigenvalue weighted by molar-refractivity contribution is 5.76. The number of benzene rings is 1. The monoisotopic (exact) mass is 347 g/mol. The first-order valence-electron chi connectivity index (χ1n) is 9.39. The van der Waals surface area contributed by atoms with E-state index >= 15 is 0 Å². The molecule has 2 fully saturated rings. The summed E-state index contributed by atoms with van der Waals surface area (Å²) in [6.07, 6.45) is 3.49. The summed E-state index contributed by atoms with van der Waals surface area (Å²) in [6, 6.07) is 8.03. The number of aryl methyl sites for hydroxylation is 1. The number of carbonyl (C=O) groups is 1. The van der Waals surface area contributed by atoms with Gasteiger partial charge in [0, 0.05) is 19.6 Å². The van der Waals surface area contributed by atoms with Crippen LogP contribution in [0.1, 0.15) is 38.2 Å². The van der Waals surface area contributed by atoms with Gasteiger partial charge in [0.15, 0.2) is 0 Å². The maximum Gasteiger partial charge on any atom is 0.313 e. The fourth-order valence-corrected chi connectivity index (χ4v) is 3.91. The molecule has 1 aromatic carbocycles. The fraction of sp³-hybridized carbons (Fsp3) is 0.650. The van der Waals surface area contributed by atoms with Gasteiger partial charge in [-0.3, -0.25) is 9.69 Å². The van der Waals surface area contributed by atoms with Gasteiger partial charge < -0.3 is 14.9 Å². The number of likely N-dealkylation sites (tertiary alicyclic amines) is 1. The summed E-state index contributed by atoms with van der Waals surface area (Å²) in [5, 5.41) is 20.2. The lowest BCUT2D eigenvalue weighted by Crippen LogP contribution is -2.56. The second kappa shape index (κ2) is 7.75. The highest BCUT2D eigenvalue weighted by Crippen LogP contribution is 2.45. The summed E-state index contributed by atoms with van der Waals surface area (Å²) in [6.45, 7) is 4.46. The van der Waals surface area contributed by atoms with E-state index in [0.29, 0.717) is 38.5 Å². The summed E-state index contributed by atoms with van der Waals surface area (Å²) in [4.78, 5) is 14.1. The molecule has 0 radical (unpaired) electrons. The number of aliphatic carboxylic acids is 1. The molecule has 1 aromatic rings. The number of hydrogen-bond donors (Lipinski definition) is 2. The highest BCUT2D eigenvalue weighted by atomic mass is 16.5. The van der Waals surface area contributed by atoms with Crippen LogP contribution in [0.3, 0.4) is 0 Å². The fourth-order valence-electron chi connectivity index (χ4n) is 3.91. The van der Waals surface area contributed by atoms with Crippen LogP contribution in [-0.4, -0.2) is 53.4 Å². The number of rotatable bonds is 8. The van der Waals surface area contributed by atoms with Crippen LogP contribution in [0.25, 0.3) is 0 Å². The molecule has 3 rings (SSSR count). The summed E-state index contributed by atoms with van der Waals surface area (Å²) < 4.78 is 5.93. The first-order chi connectivity index (χ1) is 12.0. The van der Waals surface area contributed by atoms with Gasteiger partial charge >= 0.3 is 5.97 Å². The summed E-state index contributed by atoms with van der Waals surface area (Å²) in [5.41, 5.74) is 0.172. The molecule has 1 heterocycles. The Bertz CT molecular complexity index is 601. The van der Waals surface area contributed by atoms with Crippen LogP contribution >= 0.6 is 0 Å². The van der Waals surface area contributed by atoms with Crippen molar-refractivity contribution in [3.05, 3.63) is 29.8 Å². The average molecular weight is 347 g/mol. The van der Waals surface area contributed by atoms with Gasteiger partial charge in [0.1, 0.15) is 17.8 Å². The molecule has 0 amide bonds. The smallest absolute Gasteiger partial charge is 0.313 e. The number of para-hydroxylation sites is 1. The van der Waals surface area contributed by atoms with Crippen LogP contribution in [0.2, 0.25) is 0 Å². The molecule has 0 unspecified atom stereocenters. The summed E-state index contributed by atoms with van der Waals surface area (Å²) >= 11 is 0. The van der Waals surface area contributed by atoms with Crippen molar-refractivity contribution in [3.63, 3.8) is 0 Å². The van der Waals surface area contributed by atoms with Crippen LogP contribution in [0.15, 0.2) is 24.3 Å². The molecule has 1 saturated heterocycles. The van der Waals surface area contributed by atoms with E-state index < -0.39 is 17.5 Å². The van der Waals surface area contributed by atoms with Crippen molar-refractivity contribution in [1.29, 1.82) is 0 Å². The predicted octanol–water partition coefficient (Wildman–Crippen LogP) is 2.57. The van der Waals surface area contributed by atoms with E-state index in [1.54, 1.807) is 0 Å². The predicted molar refractivity (Wildman–Crippen MR) is 95.8 cm³/mol. The molecule has 2 aliphatic rings. The molecule has 1 aliphatic heterocycles.